The molecule has 0 amide bonds. The van der Waals surface area contributed by atoms with Crippen LogP contribution in [-0.4, -0.2) is 29.3 Å². The number of aliphatic hydroxyl groups is 1. The maximum atomic E-state index is 10.2. The van der Waals surface area contributed by atoms with Gasteiger partial charge in [-0.1, -0.05) is 36.9 Å². The first-order chi connectivity index (χ1) is 7.74. The Morgan fingerprint density at radius 1 is 1.38 bits per heavy atom. The van der Waals surface area contributed by atoms with Gasteiger partial charge in [0, 0.05) is 18.2 Å². The van der Waals surface area contributed by atoms with Gasteiger partial charge < -0.3 is 5.11 Å². The highest BCUT2D eigenvalue weighted by atomic mass is 32.2. The number of nitrogens with zero attached hydrogens (tertiary/aromatic N) is 2. The van der Waals surface area contributed by atoms with E-state index in [-0.39, 0.29) is 5.92 Å². The van der Waals surface area contributed by atoms with E-state index < -0.39 is 6.23 Å². The first kappa shape index (κ1) is 11.5. The molecule has 1 aromatic carbocycles. The van der Waals surface area contributed by atoms with Gasteiger partial charge in [-0.15, -0.1) is 0 Å². The zero-order chi connectivity index (χ0) is 11.5. The van der Waals surface area contributed by atoms with Crippen molar-refractivity contribution in [2.24, 2.45) is 10.9 Å². The molecule has 2 rings (SSSR count). The summed E-state index contributed by atoms with van der Waals surface area (Å²) in [4.78, 5) is 6.38. The van der Waals surface area contributed by atoms with Gasteiger partial charge in [0.15, 0.2) is 5.17 Å². The van der Waals surface area contributed by atoms with Gasteiger partial charge >= 0.3 is 0 Å². The fraction of sp³-hybridized carbons (Fsp3) is 0.417. The van der Waals surface area contributed by atoms with Crippen LogP contribution in [0.15, 0.2) is 35.3 Å². The van der Waals surface area contributed by atoms with Crippen molar-refractivity contribution >= 4 is 22.6 Å². The van der Waals surface area contributed by atoms with E-state index in [9.17, 15) is 5.11 Å². The smallest absolute Gasteiger partial charge is 0.165 e. The molecule has 1 heterocycles. The van der Waals surface area contributed by atoms with Crippen molar-refractivity contribution < 1.29 is 5.11 Å². The van der Waals surface area contributed by atoms with Crippen molar-refractivity contribution in [3.8, 4) is 0 Å². The maximum Gasteiger partial charge on any atom is 0.165 e. The molecule has 0 aliphatic carbocycles. The Hall–Kier alpha value is -1.00. The van der Waals surface area contributed by atoms with Crippen LogP contribution in [0.25, 0.3) is 0 Å². The molecule has 86 valence electrons. The maximum absolute atomic E-state index is 10.2. The van der Waals surface area contributed by atoms with Crippen LogP contribution in [0.2, 0.25) is 0 Å². The van der Waals surface area contributed by atoms with Gasteiger partial charge in [-0.25, -0.2) is 0 Å². The third-order valence-corrected chi connectivity index (χ3v) is 3.40. The van der Waals surface area contributed by atoms with Crippen LogP contribution in [0.3, 0.4) is 0 Å². The summed E-state index contributed by atoms with van der Waals surface area (Å²) in [7, 11) is 0. The van der Waals surface area contributed by atoms with Crippen LogP contribution < -0.4 is 4.90 Å². The van der Waals surface area contributed by atoms with Gasteiger partial charge in [-0.05, 0) is 18.4 Å². The van der Waals surface area contributed by atoms with Crippen LogP contribution in [0.1, 0.15) is 6.92 Å². The second kappa shape index (κ2) is 4.89. The number of anilines is 1. The molecule has 0 radical (unpaired) electrons. The fourth-order valence-electron chi connectivity index (χ4n) is 1.77. The van der Waals surface area contributed by atoms with Crippen molar-refractivity contribution in [2.75, 3.05) is 17.7 Å². The number of hydrogen-bond acceptors (Lipinski definition) is 4. The van der Waals surface area contributed by atoms with E-state index in [4.69, 9.17) is 0 Å². The molecule has 1 aromatic rings. The van der Waals surface area contributed by atoms with E-state index in [2.05, 4.69) is 4.99 Å². The van der Waals surface area contributed by atoms with Crippen molar-refractivity contribution in [3.63, 3.8) is 0 Å². The number of hydrogen-bond donors (Lipinski definition) is 1. The highest BCUT2D eigenvalue weighted by Crippen LogP contribution is 2.26. The number of benzene rings is 1. The van der Waals surface area contributed by atoms with Gasteiger partial charge in [-0.3, -0.25) is 9.89 Å². The molecule has 2 atom stereocenters. The third-order valence-electron chi connectivity index (χ3n) is 2.71. The molecule has 1 aliphatic heterocycles. The molecule has 0 fully saturated rings. The Bertz CT molecular complexity index is 380. The lowest BCUT2D eigenvalue weighted by Gasteiger charge is -2.36. The van der Waals surface area contributed by atoms with Gasteiger partial charge in [0.25, 0.3) is 0 Å². The molecule has 1 N–H and O–H groups in total. The topological polar surface area (TPSA) is 35.8 Å². The third kappa shape index (κ3) is 2.08. The molecule has 3 nitrogen and oxygen atoms in total. The van der Waals surface area contributed by atoms with Crippen molar-refractivity contribution in [1.82, 2.24) is 0 Å². The number of rotatable bonds is 1. The largest absolute Gasteiger partial charge is 0.373 e. The summed E-state index contributed by atoms with van der Waals surface area (Å²) in [5.74, 6) is 0.163. The van der Waals surface area contributed by atoms with E-state index in [1.165, 1.54) is 0 Å². The molecule has 0 spiro atoms. The molecular formula is C12H16N2OS. The Morgan fingerprint density at radius 3 is 2.69 bits per heavy atom. The van der Waals surface area contributed by atoms with E-state index >= 15 is 0 Å². The van der Waals surface area contributed by atoms with E-state index in [0.717, 1.165) is 10.9 Å². The summed E-state index contributed by atoms with van der Waals surface area (Å²) in [6, 6.07) is 9.90. The Kier molecular flexibility index (Phi) is 3.51. The lowest BCUT2D eigenvalue weighted by Crippen LogP contribution is -2.47. The first-order valence-corrected chi connectivity index (χ1v) is 6.57. The summed E-state index contributed by atoms with van der Waals surface area (Å²) < 4.78 is 0. The van der Waals surface area contributed by atoms with Crippen LogP contribution in [0.4, 0.5) is 5.69 Å². The summed E-state index contributed by atoms with van der Waals surface area (Å²) in [5.41, 5.74) is 0.995. The second-order valence-electron chi connectivity index (χ2n) is 3.92. The average molecular weight is 236 g/mol. The minimum atomic E-state index is -0.484. The van der Waals surface area contributed by atoms with Crippen LogP contribution >= 0.6 is 11.8 Å². The average Bonchev–Trinajstić information content (AvgIpc) is 2.33. The SMILES string of the molecule is CSC1=NC[C@H](C)[C@H](O)N1c1ccccc1. The lowest BCUT2D eigenvalue weighted by atomic mass is 10.1. The van der Waals surface area contributed by atoms with Crippen LogP contribution in [-0.2, 0) is 0 Å². The Labute approximate surface area is 100 Å². The number of para-hydroxylation sites is 1. The summed E-state index contributed by atoms with van der Waals surface area (Å²) in [6.07, 6.45) is 1.50. The highest BCUT2D eigenvalue weighted by molar-refractivity contribution is 8.13. The minimum Gasteiger partial charge on any atom is -0.373 e. The Morgan fingerprint density at radius 2 is 2.06 bits per heavy atom. The van der Waals surface area contributed by atoms with E-state index in [1.807, 2.05) is 48.4 Å². The van der Waals surface area contributed by atoms with Crippen molar-refractivity contribution in [2.45, 2.75) is 13.2 Å². The van der Waals surface area contributed by atoms with E-state index in [1.54, 1.807) is 11.8 Å². The zero-order valence-electron chi connectivity index (χ0n) is 9.50. The molecule has 16 heavy (non-hydrogen) atoms. The predicted molar refractivity (Wildman–Crippen MR) is 69.9 cm³/mol. The van der Waals surface area contributed by atoms with Gasteiger partial charge in [0.2, 0.25) is 0 Å². The summed E-state index contributed by atoms with van der Waals surface area (Å²) in [6.45, 7) is 2.71. The molecular weight excluding hydrogens is 220 g/mol. The van der Waals surface area contributed by atoms with Crippen LogP contribution in [0, 0.1) is 5.92 Å². The summed E-state index contributed by atoms with van der Waals surface area (Å²) >= 11 is 1.57. The Balaban J connectivity index is 2.36. The molecule has 0 saturated carbocycles. The monoisotopic (exact) mass is 236 g/mol. The first-order valence-electron chi connectivity index (χ1n) is 5.35. The van der Waals surface area contributed by atoms with Crippen molar-refractivity contribution in [3.05, 3.63) is 30.3 Å². The van der Waals surface area contributed by atoms with Gasteiger partial charge in [0.1, 0.15) is 6.23 Å². The molecule has 0 unspecified atom stereocenters. The van der Waals surface area contributed by atoms with Crippen LogP contribution in [0.5, 0.6) is 0 Å². The van der Waals surface area contributed by atoms with Gasteiger partial charge in [-0.2, -0.15) is 0 Å². The molecule has 4 heteroatoms. The molecule has 1 aliphatic rings. The molecule has 0 saturated heterocycles. The van der Waals surface area contributed by atoms with Gasteiger partial charge in [0.05, 0.1) is 0 Å². The standard InChI is InChI=1S/C12H16N2OS/c1-9-8-13-12(16-2)14(11(9)15)10-6-4-3-5-7-10/h3-7,9,11,15H,8H2,1-2H3/t9-,11-/m0/s1. The molecule has 0 aromatic heterocycles. The normalized spacial score (nSPS) is 25.4. The fourth-order valence-corrected chi connectivity index (χ4v) is 2.39. The number of thioether (sulfide) groups is 1. The number of aliphatic imine (C=N–C) groups is 1. The highest BCUT2D eigenvalue weighted by Gasteiger charge is 2.29. The summed E-state index contributed by atoms with van der Waals surface area (Å²) in [5, 5.41) is 11.1. The predicted octanol–water partition coefficient (Wildman–Crippen LogP) is 2.18. The quantitative estimate of drug-likeness (QED) is 0.812. The lowest BCUT2D eigenvalue weighted by molar-refractivity contribution is 0.125. The minimum absolute atomic E-state index is 0.163. The van der Waals surface area contributed by atoms with Crippen molar-refractivity contribution in [1.29, 1.82) is 0 Å². The second-order valence-corrected chi connectivity index (χ2v) is 4.70. The number of aliphatic hydroxyl groups excluding tert-OH is 1. The molecule has 0 bridgehead atoms. The zero-order valence-corrected chi connectivity index (χ0v) is 10.3. The number of amidine groups is 1. The van der Waals surface area contributed by atoms with E-state index in [0.29, 0.717) is 6.54 Å².